The van der Waals surface area contributed by atoms with Gasteiger partial charge in [-0.3, -0.25) is 9.59 Å². The molecule has 0 aliphatic carbocycles. The van der Waals surface area contributed by atoms with Gasteiger partial charge in [0.1, 0.15) is 11.7 Å². The van der Waals surface area contributed by atoms with Crippen LogP contribution in [0.4, 0.5) is 10.1 Å². The van der Waals surface area contributed by atoms with Gasteiger partial charge in [0.2, 0.25) is 5.91 Å². The van der Waals surface area contributed by atoms with Crippen molar-refractivity contribution in [1.82, 2.24) is 15.1 Å². The van der Waals surface area contributed by atoms with E-state index in [1.807, 2.05) is 52.8 Å². The summed E-state index contributed by atoms with van der Waals surface area (Å²) < 4.78 is 16.3. The molecule has 3 rings (SSSR count). The third kappa shape index (κ3) is 4.99. The number of carbonyl (C=O) groups excluding carboxylic acids is 2. The number of nitrogens with one attached hydrogen (secondary N) is 2. The van der Waals surface area contributed by atoms with Crippen LogP contribution in [-0.2, 0) is 4.79 Å². The molecule has 2 N–H and O–H groups in total. The molecule has 0 fully saturated rings. The second-order valence-corrected chi connectivity index (χ2v) is 8.00. The first kappa shape index (κ1) is 22.2. The molecule has 0 saturated carbocycles. The molecule has 0 aliphatic heterocycles. The minimum Gasteiger partial charge on any atom is -0.340 e. The lowest BCUT2D eigenvalue weighted by Crippen LogP contribution is -2.47. The van der Waals surface area contributed by atoms with Gasteiger partial charge < -0.3 is 10.6 Å². The van der Waals surface area contributed by atoms with Crippen LogP contribution in [0.15, 0.2) is 48.5 Å². The van der Waals surface area contributed by atoms with Crippen LogP contribution in [0.1, 0.15) is 41.2 Å². The molecule has 1 unspecified atom stereocenters. The minimum absolute atomic E-state index is 0.160. The molecule has 1 atom stereocenters. The van der Waals surface area contributed by atoms with Crippen molar-refractivity contribution in [2.24, 2.45) is 5.92 Å². The highest BCUT2D eigenvalue weighted by atomic mass is 19.1. The molecule has 0 saturated heterocycles. The molecule has 162 valence electrons. The Bertz CT molecular complexity index is 1120. The number of rotatable bonds is 6. The van der Waals surface area contributed by atoms with E-state index in [9.17, 15) is 14.0 Å². The average Bonchev–Trinajstić information content (AvgIpc) is 3.03. The van der Waals surface area contributed by atoms with Crippen molar-refractivity contribution < 1.29 is 14.0 Å². The highest BCUT2D eigenvalue weighted by molar-refractivity contribution is 6.01. The van der Waals surface area contributed by atoms with Crippen LogP contribution < -0.4 is 10.6 Å². The molecule has 31 heavy (non-hydrogen) atoms. The van der Waals surface area contributed by atoms with Crippen LogP contribution in [0.5, 0.6) is 0 Å². The summed E-state index contributed by atoms with van der Waals surface area (Å²) in [5.74, 6) is -1.39. The summed E-state index contributed by atoms with van der Waals surface area (Å²) >= 11 is 0. The summed E-state index contributed by atoms with van der Waals surface area (Å²) in [7, 11) is 0. The molecule has 6 nitrogen and oxygen atoms in total. The fraction of sp³-hybridized carbons (Fsp3) is 0.292. The van der Waals surface area contributed by atoms with Crippen molar-refractivity contribution in [3.8, 4) is 5.69 Å². The normalized spacial score (nSPS) is 12.0. The smallest absolute Gasteiger partial charge is 0.252 e. The summed E-state index contributed by atoms with van der Waals surface area (Å²) in [5.41, 5.74) is 3.55. The number of hydrogen-bond donors (Lipinski definition) is 2. The maximum absolute atomic E-state index is 14.7. The lowest BCUT2D eigenvalue weighted by molar-refractivity contribution is -0.118. The van der Waals surface area contributed by atoms with Crippen LogP contribution in [0.3, 0.4) is 0 Å². The first-order valence-electron chi connectivity index (χ1n) is 10.2. The Morgan fingerprint density at radius 1 is 1.03 bits per heavy atom. The monoisotopic (exact) mass is 422 g/mol. The summed E-state index contributed by atoms with van der Waals surface area (Å²) in [4.78, 5) is 25.5. The minimum atomic E-state index is -0.772. The Morgan fingerprint density at radius 2 is 1.74 bits per heavy atom. The van der Waals surface area contributed by atoms with Crippen molar-refractivity contribution >= 4 is 17.5 Å². The topological polar surface area (TPSA) is 76.0 Å². The van der Waals surface area contributed by atoms with Crippen molar-refractivity contribution in [2.45, 2.75) is 40.7 Å². The van der Waals surface area contributed by atoms with E-state index in [4.69, 9.17) is 0 Å². The molecule has 1 aromatic heterocycles. The van der Waals surface area contributed by atoms with Gasteiger partial charge in [-0.05, 0) is 62.6 Å². The third-order valence-corrected chi connectivity index (χ3v) is 5.08. The first-order valence-corrected chi connectivity index (χ1v) is 10.2. The zero-order valence-electron chi connectivity index (χ0n) is 18.4. The van der Waals surface area contributed by atoms with Crippen LogP contribution >= 0.6 is 0 Å². The fourth-order valence-electron chi connectivity index (χ4n) is 3.43. The van der Waals surface area contributed by atoms with E-state index in [-0.39, 0.29) is 11.8 Å². The number of amides is 2. The fourth-order valence-corrected chi connectivity index (χ4v) is 3.43. The Kier molecular flexibility index (Phi) is 6.53. The maximum atomic E-state index is 14.7. The molecule has 3 aromatic rings. The van der Waals surface area contributed by atoms with Gasteiger partial charge in [0.25, 0.3) is 5.91 Å². The van der Waals surface area contributed by atoms with Gasteiger partial charge in [0, 0.05) is 16.9 Å². The Labute approximate surface area is 181 Å². The van der Waals surface area contributed by atoms with E-state index in [2.05, 4.69) is 15.7 Å². The number of nitrogens with zero attached hydrogens (tertiary/aromatic N) is 2. The number of hydrogen-bond acceptors (Lipinski definition) is 3. The third-order valence-electron chi connectivity index (χ3n) is 5.08. The Morgan fingerprint density at radius 3 is 2.32 bits per heavy atom. The molecular weight excluding hydrogens is 395 g/mol. The van der Waals surface area contributed by atoms with Gasteiger partial charge in [-0.25, -0.2) is 9.07 Å². The highest BCUT2D eigenvalue weighted by Gasteiger charge is 2.25. The Hall–Kier alpha value is -3.48. The molecule has 2 aromatic carbocycles. The summed E-state index contributed by atoms with van der Waals surface area (Å²) in [6.07, 6.45) is 0. The lowest BCUT2D eigenvalue weighted by Gasteiger charge is -2.22. The number of carbonyl (C=O) groups is 2. The quantitative estimate of drug-likeness (QED) is 0.621. The van der Waals surface area contributed by atoms with E-state index < -0.39 is 17.8 Å². The summed E-state index contributed by atoms with van der Waals surface area (Å²) in [6.45, 7) is 9.21. The van der Waals surface area contributed by atoms with E-state index in [0.29, 0.717) is 16.9 Å². The maximum Gasteiger partial charge on any atom is 0.252 e. The number of anilines is 1. The largest absolute Gasteiger partial charge is 0.340 e. The van der Waals surface area contributed by atoms with Gasteiger partial charge in [0.05, 0.1) is 5.69 Å². The standard InChI is InChI=1S/C24H27FN4O2/c1-14(2)22(27-23(30)19-9-7-6-8-15(19)3)24(31)26-18-10-11-21(20(25)13-18)29-17(5)12-16(4)28-29/h6-14,22H,1-5H3,(H,26,31)(H,27,30). The summed E-state index contributed by atoms with van der Waals surface area (Å²) in [5, 5.41) is 9.80. The SMILES string of the molecule is Cc1cc(C)n(-c2ccc(NC(=O)C(NC(=O)c3ccccc3C)C(C)C)cc2F)n1. The van der Waals surface area contributed by atoms with Crippen molar-refractivity contribution in [3.63, 3.8) is 0 Å². The van der Waals surface area contributed by atoms with E-state index in [1.165, 1.54) is 10.7 Å². The average molecular weight is 423 g/mol. The predicted molar refractivity (Wildman–Crippen MR) is 119 cm³/mol. The van der Waals surface area contributed by atoms with E-state index in [0.717, 1.165) is 17.0 Å². The van der Waals surface area contributed by atoms with Gasteiger partial charge in [-0.15, -0.1) is 0 Å². The van der Waals surface area contributed by atoms with Crippen molar-refractivity contribution in [2.75, 3.05) is 5.32 Å². The molecular formula is C24H27FN4O2. The van der Waals surface area contributed by atoms with Crippen molar-refractivity contribution in [3.05, 3.63) is 76.9 Å². The molecule has 0 aliphatic rings. The van der Waals surface area contributed by atoms with Gasteiger partial charge in [0.15, 0.2) is 5.82 Å². The number of aryl methyl sites for hydroxylation is 3. The van der Waals surface area contributed by atoms with E-state index >= 15 is 0 Å². The molecule has 0 bridgehead atoms. The predicted octanol–water partition coefficient (Wildman–Crippen LogP) is 4.33. The van der Waals surface area contributed by atoms with Crippen molar-refractivity contribution in [1.29, 1.82) is 0 Å². The number of benzene rings is 2. The molecule has 1 heterocycles. The lowest BCUT2D eigenvalue weighted by atomic mass is 10.0. The zero-order chi connectivity index (χ0) is 22.7. The Balaban J connectivity index is 1.76. The summed E-state index contributed by atoms with van der Waals surface area (Å²) in [6, 6.07) is 12.7. The number of aromatic nitrogens is 2. The highest BCUT2D eigenvalue weighted by Crippen LogP contribution is 2.20. The van der Waals surface area contributed by atoms with E-state index in [1.54, 1.807) is 24.3 Å². The number of halogens is 1. The molecule has 0 radical (unpaired) electrons. The molecule has 2 amide bonds. The van der Waals surface area contributed by atoms with Gasteiger partial charge >= 0.3 is 0 Å². The molecule has 0 spiro atoms. The van der Waals surface area contributed by atoms with Crippen LogP contribution in [-0.4, -0.2) is 27.6 Å². The zero-order valence-corrected chi connectivity index (χ0v) is 18.4. The van der Waals surface area contributed by atoms with Crippen LogP contribution in [0.25, 0.3) is 5.69 Å². The first-order chi connectivity index (χ1) is 14.7. The molecule has 7 heteroatoms. The second kappa shape index (κ2) is 9.12. The second-order valence-electron chi connectivity index (χ2n) is 8.00. The van der Waals surface area contributed by atoms with Crippen LogP contribution in [0.2, 0.25) is 0 Å². The van der Waals surface area contributed by atoms with Gasteiger partial charge in [-0.2, -0.15) is 5.10 Å². The van der Waals surface area contributed by atoms with Crippen LogP contribution in [0, 0.1) is 32.5 Å². The van der Waals surface area contributed by atoms with Gasteiger partial charge in [-0.1, -0.05) is 32.0 Å².